The molecular weight excluding hydrogens is 244 g/mol. The SMILES string of the molecule is CC(C)(CN1CCCC2CCCC21)c1ccc(N)cc1. The van der Waals surface area contributed by atoms with Gasteiger partial charge in [-0.2, -0.15) is 0 Å². The fourth-order valence-corrected chi connectivity index (χ4v) is 4.29. The van der Waals surface area contributed by atoms with E-state index in [2.05, 4.69) is 30.9 Å². The molecule has 2 nitrogen and oxygen atoms in total. The quantitative estimate of drug-likeness (QED) is 0.848. The van der Waals surface area contributed by atoms with Crippen LogP contribution in [0.25, 0.3) is 0 Å². The maximum atomic E-state index is 5.81. The molecule has 1 aromatic carbocycles. The normalized spacial score (nSPS) is 27.5. The summed E-state index contributed by atoms with van der Waals surface area (Å²) in [5.41, 5.74) is 8.29. The first-order valence-corrected chi connectivity index (χ1v) is 8.16. The molecule has 2 unspecified atom stereocenters. The fourth-order valence-electron chi connectivity index (χ4n) is 4.29. The molecule has 20 heavy (non-hydrogen) atoms. The van der Waals surface area contributed by atoms with Crippen molar-refractivity contribution in [1.29, 1.82) is 0 Å². The van der Waals surface area contributed by atoms with Crippen molar-refractivity contribution in [3.05, 3.63) is 29.8 Å². The lowest BCUT2D eigenvalue weighted by Gasteiger charge is -2.42. The maximum Gasteiger partial charge on any atom is 0.0314 e. The van der Waals surface area contributed by atoms with Crippen molar-refractivity contribution in [3.8, 4) is 0 Å². The van der Waals surface area contributed by atoms with Gasteiger partial charge in [0.05, 0.1) is 0 Å². The van der Waals surface area contributed by atoms with Gasteiger partial charge in [0.2, 0.25) is 0 Å². The van der Waals surface area contributed by atoms with Gasteiger partial charge in [-0.05, 0) is 55.8 Å². The molecule has 1 saturated carbocycles. The van der Waals surface area contributed by atoms with Crippen molar-refractivity contribution in [3.63, 3.8) is 0 Å². The summed E-state index contributed by atoms with van der Waals surface area (Å²) in [4.78, 5) is 2.78. The molecule has 2 atom stereocenters. The van der Waals surface area contributed by atoms with Crippen LogP contribution in [0.3, 0.4) is 0 Å². The van der Waals surface area contributed by atoms with Crippen LogP contribution in [-0.2, 0) is 5.41 Å². The zero-order valence-electron chi connectivity index (χ0n) is 12.9. The lowest BCUT2D eigenvalue weighted by atomic mass is 9.82. The van der Waals surface area contributed by atoms with E-state index in [0.29, 0.717) is 0 Å². The highest BCUT2D eigenvalue weighted by molar-refractivity contribution is 5.41. The molecule has 1 saturated heterocycles. The van der Waals surface area contributed by atoms with Crippen LogP contribution < -0.4 is 5.73 Å². The van der Waals surface area contributed by atoms with Gasteiger partial charge in [0.25, 0.3) is 0 Å². The maximum absolute atomic E-state index is 5.81. The van der Waals surface area contributed by atoms with Crippen molar-refractivity contribution in [2.75, 3.05) is 18.8 Å². The number of nitrogen functional groups attached to an aromatic ring is 1. The van der Waals surface area contributed by atoms with Gasteiger partial charge in [0, 0.05) is 23.7 Å². The highest BCUT2D eigenvalue weighted by Crippen LogP contribution is 2.38. The summed E-state index contributed by atoms with van der Waals surface area (Å²) in [6.07, 6.45) is 7.17. The molecule has 0 spiro atoms. The fraction of sp³-hybridized carbons (Fsp3) is 0.667. The van der Waals surface area contributed by atoms with Gasteiger partial charge in [0.1, 0.15) is 0 Å². The predicted octanol–water partition coefficient (Wildman–Crippen LogP) is 3.81. The smallest absolute Gasteiger partial charge is 0.0314 e. The van der Waals surface area contributed by atoms with Crippen molar-refractivity contribution in [2.45, 2.75) is 57.4 Å². The largest absolute Gasteiger partial charge is 0.399 e. The van der Waals surface area contributed by atoms with Gasteiger partial charge in [-0.3, -0.25) is 4.90 Å². The van der Waals surface area contributed by atoms with Crippen LogP contribution in [0.2, 0.25) is 0 Å². The first kappa shape index (κ1) is 13.9. The van der Waals surface area contributed by atoms with Crippen molar-refractivity contribution < 1.29 is 0 Å². The second-order valence-electron chi connectivity index (χ2n) is 7.38. The average Bonchev–Trinajstić information content (AvgIpc) is 2.88. The molecule has 0 amide bonds. The number of benzene rings is 1. The summed E-state index contributed by atoms with van der Waals surface area (Å²) in [6, 6.07) is 9.32. The van der Waals surface area contributed by atoms with E-state index in [1.165, 1.54) is 50.8 Å². The lowest BCUT2D eigenvalue weighted by Crippen LogP contribution is -2.47. The third kappa shape index (κ3) is 2.71. The Balaban J connectivity index is 1.73. The molecule has 1 aliphatic carbocycles. The molecule has 2 heteroatoms. The van der Waals surface area contributed by atoms with E-state index < -0.39 is 0 Å². The highest BCUT2D eigenvalue weighted by atomic mass is 15.2. The Morgan fingerprint density at radius 1 is 1.10 bits per heavy atom. The third-order valence-corrected chi connectivity index (χ3v) is 5.40. The van der Waals surface area contributed by atoms with Gasteiger partial charge in [0.15, 0.2) is 0 Å². The van der Waals surface area contributed by atoms with Crippen LogP contribution in [0.5, 0.6) is 0 Å². The van der Waals surface area contributed by atoms with Gasteiger partial charge in [-0.25, -0.2) is 0 Å². The second kappa shape index (κ2) is 5.40. The van der Waals surface area contributed by atoms with E-state index in [4.69, 9.17) is 5.73 Å². The van der Waals surface area contributed by atoms with E-state index in [1.54, 1.807) is 0 Å². The topological polar surface area (TPSA) is 29.3 Å². The summed E-state index contributed by atoms with van der Waals surface area (Å²) in [6.45, 7) is 7.21. The van der Waals surface area contributed by atoms with Crippen LogP contribution in [0, 0.1) is 5.92 Å². The van der Waals surface area contributed by atoms with Crippen molar-refractivity contribution >= 4 is 5.69 Å². The van der Waals surface area contributed by atoms with E-state index in [9.17, 15) is 0 Å². The highest BCUT2D eigenvalue weighted by Gasteiger charge is 2.37. The first-order valence-electron chi connectivity index (χ1n) is 8.16. The van der Waals surface area contributed by atoms with Crippen molar-refractivity contribution in [2.24, 2.45) is 5.92 Å². The third-order valence-electron chi connectivity index (χ3n) is 5.40. The second-order valence-corrected chi connectivity index (χ2v) is 7.38. The monoisotopic (exact) mass is 272 g/mol. The Morgan fingerprint density at radius 3 is 2.55 bits per heavy atom. The van der Waals surface area contributed by atoms with Crippen LogP contribution >= 0.6 is 0 Å². The van der Waals surface area contributed by atoms with Crippen LogP contribution in [-0.4, -0.2) is 24.0 Å². The van der Waals surface area contributed by atoms with Gasteiger partial charge in [-0.1, -0.05) is 32.4 Å². The molecule has 0 radical (unpaired) electrons. The number of fused-ring (bicyclic) bond motifs is 1. The Hall–Kier alpha value is -1.02. The number of likely N-dealkylation sites (tertiary alicyclic amines) is 1. The number of nitrogens with two attached hydrogens (primary N) is 1. The Kier molecular flexibility index (Phi) is 3.76. The standard InChI is InChI=1S/C18H28N2/c1-18(2,15-8-10-16(19)11-9-15)13-20-12-4-6-14-5-3-7-17(14)20/h8-11,14,17H,3-7,12-13,19H2,1-2H3. The van der Waals surface area contributed by atoms with E-state index >= 15 is 0 Å². The first-order chi connectivity index (χ1) is 9.56. The summed E-state index contributed by atoms with van der Waals surface area (Å²) >= 11 is 0. The summed E-state index contributed by atoms with van der Waals surface area (Å²) in [5, 5.41) is 0. The minimum absolute atomic E-state index is 0.207. The molecule has 2 N–H and O–H groups in total. The molecule has 2 fully saturated rings. The molecular formula is C18H28N2. The molecule has 2 aliphatic rings. The summed E-state index contributed by atoms with van der Waals surface area (Å²) < 4.78 is 0. The van der Waals surface area contributed by atoms with E-state index in [1.807, 2.05) is 12.1 Å². The summed E-state index contributed by atoms with van der Waals surface area (Å²) in [7, 11) is 0. The molecule has 1 aromatic rings. The van der Waals surface area contributed by atoms with Crippen LogP contribution in [0.1, 0.15) is 51.5 Å². The molecule has 3 rings (SSSR count). The lowest BCUT2D eigenvalue weighted by molar-refractivity contribution is 0.0916. The zero-order valence-corrected chi connectivity index (χ0v) is 12.9. The van der Waals surface area contributed by atoms with Crippen molar-refractivity contribution in [1.82, 2.24) is 4.90 Å². The Bertz CT molecular complexity index is 449. The predicted molar refractivity (Wildman–Crippen MR) is 85.8 cm³/mol. The number of hydrogen-bond acceptors (Lipinski definition) is 2. The number of anilines is 1. The van der Waals surface area contributed by atoms with E-state index in [-0.39, 0.29) is 5.41 Å². The summed E-state index contributed by atoms with van der Waals surface area (Å²) in [5.74, 6) is 0.978. The number of rotatable bonds is 3. The molecule has 0 aromatic heterocycles. The van der Waals surface area contributed by atoms with Gasteiger partial charge >= 0.3 is 0 Å². The van der Waals surface area contributed by atoms with Gasteiger partial charge in [-0.15, -0.1) is 0 Å². The molecule has 110 valence electrons. The molecule has 1 heterocycles. The molecule has 0 bridgehead atoms. The Labute approximate surface area is 123 Å². The molecule has 1 aliphatic heterocycles. The number of nitrogens with zero attached hydrogens (tertiary/aromatic N) is 1. The minimum atomic E-state index is 0.207. The minimum Gasteiger partial charge on any atom is -0.399 e. The average molecular weight is 272 g/mol. The number of piperidine rings is 1. The van der Waals surface area contributed by atoms with E-state index in [0.717, 1.165) is 17.6 Å². The Morgan fingerprint density at radius 2 is 1.80 bits per heavy atom. The number of hydrogen-bond donors (Lipinski definition) is 1. The van der Waals surface area contributed by atoms with Gasteiger partial charge < -0.3 is 5.73 Å². The zero-order chi connectivity index (χ0) is 14.2. The van der Waals surface area contributed by atoms with Crippen LogP contribution in [0.4, 0.5) is 5.69 Å². The van der Waals surface area contributed by atoms with Crippen LogP contribution in [0.15, 0.2) is 24.3 Å².